The molecule has 102 valence electrons. The molecule has 0 amide bonds. The van der Waals surface area contributed by atoms with Gasteiger partial charge in [0.1, 0.15) is 11.5 Å². The number of benzene rings is 1. The molecule has 0 atom stereocenters. The number of aliphatic hydroxyl groups is 1. The van der Waals surface area contributed by atoms with Crippen LogP contribution < -0.4 is 0 Å². The smallest absolute Gasteiger partial charge is 0.123 e. The normalized spacial score (nSPS) is 11.2. The summed E-state index contributed by atoms with van der Waals surface area (Å²) in [5, 5.41) is 17.4. The molecule has 1 N–H and O–H groups in total. The molecule has 1 heterocycles. The minimum atomic E-state index is -0.282. The summed E-state index contributed by atoms with van der Waals surface area (Å²) in [7, 11) is 0. The third-order valence-corrected chi connectivity index (χ3v) is 2.99. The Labute approximate surface area is 111 Å². The van der Waals surface area contributed by atoms with Gasteiger partial charge in [-0.15, -0.1) is 5.10 Å². The highest BCUT2D eigenvalue weighted by Gasteiger charge is 2.14. The van der Waals surface area contributed by atoms with Crippen molar-refractivity contribution in [2.24, 2.45) is 5.92 Å². The predicted molar refractivity (Wildman–Crippen MR) is 70.8 cm³/mol. The lowest BCUT2D eigenvalue weighted by Gasteiger charge is -2.09. The van der Waals surface area contributed by atoms with Crippen LogP contribution in [0.2, 0.25) is 0 Å². The number of aryl methyl sites for hydroxylation is 1. The van der Waals surface area contributed by atoms with Crippen molar-refractivity contribution < 1.29 is 9.50 Å². The zero-order chi connectivity index (χ0) is 13.8. The van der Waals surface area contributed by atoms with E-state index in [0.29, 0.717) is 11.6 Å². The maximum absolute atomic E-state index is 13.0. The Bertz CT molecular complexity index is 534. The minimum absolute atomic E-state index is 0.172. The standard InChI is InChI=1S/C14H18FN3O/c1-10(2)7-8-18-14(13(9-19)16-17-18)11-3-5-12(15)6-4-11/h3-6,10,19H,7-9H2,1-2H3. The topological polar surface area (TPSA) is 50.9 Å². The first-order valence-electron chi connectivity index (χ1n) is 6.41. The van der Waals surface area contributed by atoms with Crippen molar-refractivity contribution in [2.75, 3.05) is 0 Å². The third kappa shape index (κ3) is 3.17. The van der Waals surface area contributed by atoms with Gasteiger partial charge in [0.2, 0.25) is 0 Å². The SMILES string of the molecule is CC(C)CCn1nnc(CO)c1-c1ccc(F)cc1. The summed E-state index contributed by atoms with van der Waals surface area (Å²) in [5.74, 6) is 0.276. The van der Waals surface area contributed by atoms with Gasteiger partial charge in [-0.3, -0.25) is 0 Å². The van der Waals surface area contributed by atoms with E-state index in [1.54, 1.807) is 16.8 Å². The third-order valence-electron chi connectivity index (χ3n) is 2.99. The van der Waals surface area contributed by atoms with E-state index in [4.69, 9.17) is 0 Å². The Hall–Kier alpha value is -1.75. The molecule has 0 radical (unpaired) electrons. The summed E-state index contributed by atoms with van der Waals surface area (Å²) < 4.78 is 14.8. The summed E-state index contributed by atoms with van der Waals surface area (Å²) in [4.78, 5) is 0. The highest BCUT2D eigenvalue weighted by atomic mass is 19.1. The van der Waals surface area contributed by atoms with Crippen molar-refractivity contribution >= 4 is 0 Å². The first kappa shape index (κ1) is 13.7. The molecule has 0 aliphatic rings. The van der Waals surface area contributed by atoms with Gasteiger partial charge in [0.25, 0.3) is 0 Å². The monoisotopic (exact) mass is 263 g/mol. The number of aromatic nitrogens is 3. The van der Waals surface area contributed by atoms with Gasteiger partial charge in [0.05, 0.1) is 12.3 Å². The number of nitrogens with zero attached hydrogens (tertiary/aromatic N) is 3. The number of hydrogen-bond acceptors (Lipinski definition) is 3. The molecular formula is C14H18FN3O. The van der Waals surface area contributed by atoms with Crippen molar-refractivity contribution in [3.63, 3.8) is 0 Å². The number of rotatable bonds is 5. The van der Waals surface area contributed by atoms with Crippen LogP contribution in [-0.2, 0) is 13.2 Å². The van der Waals surface area contributed by atoms with Gasteiger partial charge < -0.3 is 5.11 Å². The molecule has 2 rings (SSSR count). The Kier molecular flexibility index (Phi) is 4.27. The highest BCUT2D eigenvalue weighted by Crippen LogP contribution is 2.23. The highest BCUT2D eigenvalue weighted by molar-refractivity contribution is 5.61. The van der Waals surface area contributed by atoms with Crippen molar-refractivity contribution in [3.05, 3.63) is 35.8 Å². The zero-order valence-electron chi connectivity index (χ0n) is 11.2. The number of aliphatic hydroxyl groups excluding tert-OH is 1. The molecule has 0 unspecified atom stereocenters. The van der Waals surface area contributed by atoms with Crippen molar-refractivity contribution in [2.45, 2.75) is 33.4 Å². The van der Waals surface area contributed by atoms with E-state index in [9.17, 15) is 9.50 Å². The Morgan fingerprint density at radius 2 is 1.95 bits per heavy atom. The van der Waals surface area contributed by atoms with Crippen molar-refractivity contribution in [3.8, 4) is 11.3 Å². The molecule has 0 fully saturated rings. The molecule has 1 aromatic heterocycles. The number of halogens is 1. The molecule has 4 nitrogen and oxygen atoms in total. The van der Waals surface area contributed by atoms with Crippen LogP contribution in [0.15, 0.2) is 24.3 Å². The summed E-state index contributed by atoms with van der Waals surface area (Å²) in [6, 6.07) is 6.16. The summed E-state index contributed by atoms with van der Waals surface area (Å²) in [6.45, 7) is 4.84. The van der Waals surface area contributed by atoms with Crippen LogP contribution in [0.1, 0.15) is 26.0 Å². The van der Waals surface area contributed by atoms with Crippen LogP contribution in [0, 0.1) is 11.7 Å². The lowest BCUT2D eigenvalue weighted by Crippen LogP contribution is -2.05. The number of hydrogen-bond donors (Lipinski definition) is 1. The molecule has 1 aromatic carbocycles. The fourth-order valence-electron chi connectivity index (χ4n) is 1.92. The van der Waals surface area contributed by atoms with Crippen LogP contribution in [0.4, 0.5) is 4.39 Å². The second-order valence-electron chi connectivity index (χ2n) is 4.96. The van der Waals surface area contributed by atoms with Crippen molar-refractivity contribution in [1.82, 2.24) is 15.0 Å². The quantitative estimate of drug-likeness (QED) is 0.902. The first-order valence-corrected chi connectivity index (χ1v) is 6.41. The van der Waals surface area contributed by atoms with Gasteiger partial charge in [0.15, 0.2) is 0 Å². The van der Waals surface area contributed by atoms with Gasteiger partial charge >= 0.3 is 0 Å². The average Bonchev–Trinajstić information content (AvgIpc) is 2.80. The van der Waals surface area contributed by atoms with Crippen molar-refractivity contribution in [1.29, 1.82) is 0 Å². The van der Waals surface area contributed by atoms with Crippen LogP contribution in [0.25, 0.3) is 11.3 Å². The fraction of sp³-hybridized carbons (Fsp3) is 0.429. The average molecular weight is 263 g/mol. The molecular weight excluding hydrogens is 245 g/mol. The minimum Gasteiger partial charge on any atom is -0.390 e. The molecule has 2 aromatic rings. The molecule has 0 aliphatic carbocycles. The Balaban J connectivity index is 2.35. The van der Waals surface area contributed by atoms with Gasteiger partial charge in [-0.1, -0.05) is 19.1 Å². The lowest BCUT2D eigenvalue weighted by molar-refractivity contribution is 0.277. The maximum atomic E-state index is 13.0. The second kappa shape index (κ2) is 5.93. The summed E-state index contributed by atoms with van der Waals surface area (Å²) in [5.41, 5.74) is 2.11. The van der Waals surface area contributed by atoms with E-state index in [2.05, 4.69) is 24.2 Å². The second-order valence-corrected chi connectivity index (χ2v) is 4.96. The molecule has 0 bridgehead atoms. The van der Waals surface area contributed by atoms with E-state index in [0.717, 1.165) is 24.2 Å². The molecule has 5 heteroatoms. The predicted octanol–water partition coefficient (Wildman–Crippen LogP) is 2.62. The Morgan fingerprint density at radius 3 is 2.53 bits per heavy atom. The van der Waals surface area contributed by atoms with Gasteiger partial charge in [-0.25, -0.2) is 9.07 Å². The summed E-state index contributed by atoms with van der Waals surface area (Å²) >= 11 is 0. The molecule has 0 aliphatic heterocycles. The van der Waals surface area contributed by atoms with Crippen LogP contribution in [0.3, 0.4) is 0 Å². The Morgan fingerprint density at radius 1 is 1.26 bits per heavy atom. The van der Waals surface area contributed by atoms with Gasteiger partial charge in [-0.2, -0.15) is 0 Å². The fourth-order valence-corrected chi connectivity index (χ4v) is 1.92. The zero-order valence-corrected chi connectivity index (χ0v) is 11.2. The van der Waals surface area contributed by atoms with Crippen LogP contribution in [0.5, 0.6) is 0 Å². The van der Waals surface area contributed by atoms with Crippen LogP contribution in [-0.4, -0.2) is 20.1 Å². The van der Waals surface area contributed by atoms with Gasteiger partial charge in [0, 0.05) is 12.1 Å². The van der Waals surface area contributed by atoms with E-state index < -0.39 is 0 Å². The largest absolute Gasteiger partial charge is 0.390 e. The maximum Gasteiger partial charge on any atom is 0.123 e. The molecule has 19 heavy (non-hydrogen) atoms. The van der Waals surface area contributed by atoms with E-state index >= 15 is 0 Å². The van der Waals surface area contributed by atoms with E-state index in [1.807, 2.05) is 0 Å². The first-order chi connectivity index (χ1) is 9.11. The van der Waals surface area contributed by atoms with Gasteiger partial charge in [-0.05, 0) is 36.6 Å². The van der Waals surface area contributed by atoms with Crippen LogP contribution >= 0.6 is 0 Å². The van der Waals surface area contributed by atoms with E-state index in [-0.39, 0.29) is 12.4 Å². The molecule has 0 saturated carbocycles. The van der Waals surface area contributed by atoms with E-state index in [1.165, 1.54) is 12.1 Å². The molecule has 0 saturated heterocycles. The lowest BCUT2D eigenvalue weighted by atomic mass is 10.1. The summed E-state index contributed by atoms with van der Waals surface area (Å²) in [6.07, 6.45) is 0.975. The molecule has 0 spiro atoms.